The number of rotatable bonds is 3. The van der Waals surface area contributed by atoms with E-state index in [0.29, 0.717) is 19.4 Å². The fourth-order valence-electron chi connectivity index (χ4n) is 2.31. The smallest absolute Gasteiger partial charge is 0.329 e. The van der Waals surface area contributed by atoms with Crippen LogP contribution in [0.25, 0.3) is 0 Å². The third-order valence-electron chi connectivity index (χ3n) is 3.38. The van der Waals surface area contributed by atoms with Crippen molar-refractivity contribution >= 4 is 10.0 Å². The number of sulfonamides is 1. The van der Waals surface area contributed by atoms with Gasteiger partial charge in [0.15, 0.2) is 0 Å². The van der Waals surface area contributed by atoms with E-state index in [1.165, 1.54) is 4.31 Å². The first kappa shape index (κ1) is 15.3. The van der Waals surface area contributed by atoms with Gasteiger partial charge in [0.25, 0.3) is 0 Å². The van der Waals surface area contributed by atoms with Crippen LogP contribution in [0.3, 0.4) is 0 Å². The van der Waals surface area contributed by atoms with Gasteiger partial charge in [-0.15, -0.1) is 0 Å². The molecular formula is C12H15F3N2O2S. The van der Waals surface area contributed by atoms with E-state index in [1.54, 1.807) is 0 Å². The molecule has 1 atom stereocenters. The lowest BCUT2D eigenvalue weighted by atomic mass is 10.2. The molecular weight excluding hydrogens is 293 g/mol. The molecule has 1 saturated heterocycles. The Balaban J connectivity index is 2.31. The lowest BCUT2D eigenvalue weighted by Crippen LogP contribution is -2.39. The van der Waals surface area contributed by atoms with E-state index >= 15 is 0 Å². The first-order chi connectivity index (χ1) is 9.26. The van der Waals surface area contributed by atoms with E-state index in [2.05, 4.69) is 0 Å². The van der Waals surface area contributed by atoms with Crippen molar-refractivity contribution in [3.63, 3.8) is 0 Å². The highest BCUT2D eigenvalue weighted by atomic mass is 32.2. The van der Waals surface area contributed by atoms with Crippen LogP contribution in [0.2, 0.25) is 0 Å². The number of hydrogen-bond acceptors (Lipinski definition) is 3. The minimum Gasteiger partial charge on any atom is -0.329 e. The van der Waals surface area contributed by atoms with Gasteiger partial charge in [0.2, 0.25) is 10.0 Å². The molecule has 8 heteroatoms. The third kappa shape index (κ3) is 2.82. The van der Waals surface area contributed by atoms with Gasteiger partial charge in [-0.2, -0.15) is 17.5 Å². The van der Waals surface area contributed by atoms with Crippen LogP contribution in [0.4, 0.5) is 13.2 Å². The normalized spacial score (nSPS) is 21.3. The van der Waals surface area contributed by atoms with E-state index in [4.69, 9.17) is 5.73 Å². The van der Waals surface area contributed by atoms with E-state index < -0.39 is 21.8 Å². The predicted molar refractivity (Wildman–Crippen MR) is 67.4 cm³/mol. The topological polar surface area (TPSA) is 63.4 Å². The van der Waals surface area contributed by atoms with Crippen molar-refractivity contribution in [1.29, 1.82) is 0 Å². The molecule has 2 rings (SSSR count). The Morgan fingerprint density at radius 2 is 1.85 bits per heavy atom. The van der Waals surface area contributed by atoms with Crippen LogP contribution in [0.5, 0.6) is 0 Å². The van der Waals surface area contributed by atoms with Crippen molar-refractivity contribution in [3.8, 4) is 0 Å². The molecule has 0 bridgehead atoms. The summed E-state index contributed by atoms with van der Waals surface area (Å²) in [4.78, 5) is -0.133. The van der Waals surface area contributed by atoms with Crippen LogP contribution in [-0.4, -0.2) is 31.9 Å². The summed E-state index contributed by atoms with van der Waals surface area (Å²) in [6, 6.07) is 3.26. The van der Waals surface area contributed by atoms with Gasteiger partial charge in [-0.05, 0) is 37.1 Å². The van der Waals surface area contributed by atoms with E-state index in [-0.39, 0.29) is 17.5 Å². The molecule has 2 N–H and O–H groups in total. The van der Waals surface area contributed by atoms with Gasteiger partial charge >= 0.3 is 6.18 Å². The van der Waals surface area contributed by atoms with Gasteiger partial charge in [0.1, 0.15) is 0 Å². The van der Waals surface area contributed by atoms with Crippen LogP contribution in [0.1, 0.15) is 18.4 Å². The van der Waals surface area contributed by atoms with Crippen molar-refractivity contribution in [3.05, 3.63) is 29.8 Å². The largest absolute Gasteiger partial charge is 0.416 e. The second-order valence-corrected chi connectivity index (χ2v) is 6.56. The number of benzene rings is 1. The Morgan fingerprint density at radius 3 is 2.35 bits per heavy atom. The summed E-state index contributed by atoms with van der Waals surface area (Å²) >= 11 is 0. The molecule has 1 aliphatic rings. The summed E-state index contributed by atoms with van der Waals surface area (Å²) in [5.74, 6) is 0. The molecule has 1 aromatic rings. The minimum absolute atomic E-state index is 0.133. The standard InChI is InChI=1S/C12H15F3N2O2S/c13-12(14,15)9-3-5-11(6-4-9)20(18,19)17-7-1-2-10(17)8-16/h3-6,10H,1-2,7-8,16H2/t10-/m1/s1. The number of alkyl halides is 3. The summed E-state index contributed by atoms with van der Waals surface area (Å²) in [5, 5.41) is 0. The Morgan fingerprint density at radius 1 is 1.25 bits per heavy atom. The summed E-state index contributed by atoms with van der Waals surface area (Å²) < 4.78 is 63.4. The molecule has 20 heavy (non-hydrogen) atoms. The summed E-state index contributed by atoms with van der Waals surface area (Å²) in [6.07, 6.45) is -3.09. The van der Waals surface area contributed by atoms with Gasteiger partial charge in [0, 0.05) is 19.1 Å². The van der Waals surface area contributed by atoms with Gasteiger partial charge in [-0.25, -0.2) is 8.42 Å². The van der Waals surface area contributed by atoms with E-state index in [1.807, 2.05) is 0 Å². The zero-order chi connectivity index (χ0) is 15.0. The SMILES string of the molecule is NC[C@H]1CCCN1S(=O)(=O)c1ccc(C(F)(F)F)cc1. The van der Waals surface area contributed by atoms with Gasteiger partial charge < -0.3 is 5.73 Å². The first-order valence-corrected chi connectivity index (χ1v) is 7.60. The Bertz CT molecular complexity index is 569. The van der Waals surface area contributed by atoms with Crippen molar-refractivity contribution in [2.24, 2.45) is 5.73 Å². The molecule has 1 aliphatic heterocycles. The van der Waals surface area contributed by atoms with Crippen LogP contribution in [-0.2, 0) is 16.2 Å². The number of nitrogens with zero attached hydrogens (tertiary/aromatic N) is 1. The van der Waals surface area contributed by atoms with E-state index in [0.717, 1.165) is 24.3 Å². The van der Waals surface area contributed by atoms with Crippen molar-refractivity contribution in [2.45, 2.75) is 30.0 Å². The van der Waals surface area contributed by atoms with E-state index in [9.17, 15) is 21.6 Å². The quantitative estimate of drug-likeness (QED) is 0.926. The monoisotopic (exact) mass is 308 g/mol. The molecule has 0 radical (unpaired) electrons. The molecule has 0 saturated carbocycles. The van der Waals surface area contributed by atoms with Gasteiger partial charge in [0.05, 0.1) is 10.5 Å². The molecule has 1 aromatic carbocycles. The molecule has 112 valence electrons. The number of nitrogens with two attached hydrogens (primary N) is 1. The highest BCUT2D eigenvalue weighted by Crippen LogP contribution is 2.31. The highest BCUT2D eigenvalue weighted by molar-refractivity contribution is 7.89. The Hall–Kier alpha value is -1.12. The van der Waals surface area contributed by atoms with Crippen LogP contribution < -0.4 is 5.73 Å². The van der Waals surface area contributed by atoms with Crippen molar-refractivity contribution in [2.75, 3.05) is 13.1 Å². The zero-order valence-corrected chi connectivity index (χ0v) is 11.4. The number of halogens is 3. The van der Waals surface area contributed by atoms with Crippen LogP contribution >= 0.6 is 0 Å². The zero-order valence-electron chi connectivity index (χ0n) is 10.6. The highest BCUT2D eigenvalue weighted by Gasteiger charge is 2.35. The van der Waals surface area contributed by atoms with Crippen molar-refractivity contribution in [1.82, 2.24) is 4.31 Å². The Kier molecular flexibility index (Phi) is 4.08. The first-order valence-electron chi connectivity index (χ1n) is 6.16. The van der Waals surface area contributed by atoms with Gasteiger partial charge in [-0.3, -0.25) is 0 Å². The summed E-state index contributed by atoms with van der Waals surface area (Å²) in [7, 11) is -3.78. The average Bonchev–Trinajstić information content (AvgIpc) is 2.87. The van der Waals surface area contributed by atoms with Crippen molar-refractivity contribution < 1.29 is 21.6 Å². The molecule has 0 amide bonds. The second kappa shape index (κ2) is 5.34. The molecule has 0 aromatic heterocycles. The molecule has 4 nitrogen and oxygen atoms in total. The molecule has 0 unspecified atom stereocenters. The fourth-order valence-corrected chi connectivity index (χ4v) is 4.02. The van der Waals surface area contributed by atoms with Gasteiger partial charge in [-0.1, -0.05) is 0 Å². The minimum atomic E-state index is -4.48. The number of hydrogen-bond donors (Lipinski definition) is 1. The lowest BCUT2D eigenvalue weighted by molar-refractivity contribution is -0.137. The summed E-state index contributed by atoms with van der Waals surface area (Å²) in [5.41, 5.74) is 4.66. The maximum absolute atomic E-state index is 12.5. The molecule has 1 fully saturated rings. The Labute approximate surface area is 115 Å². The lowest BCUT2D eigenvalue weighted by Gasteiger charge is -2.23. The molecule has 0 spiro atoms. The molecule has 1 heterocycles. The second-order valence-electron chi connectivity index (χ2n) is 4.67. The predicted octanol–water partition coefficient (Wildman–Crippen LogP) is 1.82. The van der Waals surface area contributed by atoms with Crippen LogP contribution in [0.15, 0.2) is 29.2 Å². The fraction of sp³-hybridized carbons (Fsp3) is 0.500. The van der Waals surface area contributed by atoms with Crippen LogP contribution in [0, 0.1) is 0 Å². The third-order valence-corrected chi connectivity index (χ3v) is 5.35. The maximum atomic E-state index is 12.5. The molecule has 0 aliphatic carbocycles. The average molecular weight is 308 g/mol. The maximum Gasteiger partial charge on any atom is 0.416 e. The summed E-state index contributed by atoms with van der Waals surface area (Å²) in [6.45, 7) is 0.561.